The fourth-order valence-corrected chi connectivity index (χ4v) is 1.72. The molecule has 0 aromatic heterocycles. The number of rotatable bonds is 4. The van der Waals surface area contributed by atoms with Gasteiger partial charge in [-0.1, -0.05) is 36.4 Å². The average molecular weight is 288 g/mol. The zero-order valence-corrected chi connectivity index (χ0v) is 11.1. The van der Waals surface area contributed by atoms with Crippen LogP contribution in [0.5, 0.6) is 0 Å². The number of amides is 2. The van der Waals surface area contributed by atoms with Gasteiger partial charge in [-0.3, -0.25) is 0 Å². The van der Waals surface area contributed by atoms with E-state index in [9.17, 15) is 9.18 Å². The number of para-hydroxylation sites is 1. The van der Waals surface area contributed by atoms with Crippen molar-refractivity contribution in [3.8, 4) is 0 Å². The molecule has 0 atom stereocenters. The molecular weight excluding hydrogens is 274 g/mol. The lowest BCUT2D eigenvalue weighted by atomic mass is 9.80. The molecule has 0 aliphatic carbocycles. The van der Waals surface area contributed by atoms with E-state index in [1.54, 1.807) is 30.3 Å². The van der Waals surface area contributed by atoms with Crippen LogP contribution in [0.3, 0.4) is 0 Å². The molecule has 0 aliphatic heterocycles. The molecule has 0 saturated heterocycles. The van der Waals surface area contributed by atoms with Crippen molar-refractivity contribution in [2.75, 3.05) is 5.32 Å². The molecule has 5 nitrogen and oxygen atoms in total. The van der Waals surface area contributed by atoms with Crippen molar-refractivity contribution < 1.29 is 19.2 Å². The number of carbonyl (C=O) groups excluding carboxylic acids is 1. The number of benzene rings is 2. The first-order valence-corrected chi connectivity index (χ1v) is 6.30. The van der Waals surface area contributed by atoms with Gasteiger partial charge < -0.3 is 20.7 Å². The Morgan fingerprint density at radius 1 is 1.10 bits per heavy atom. The van der Waals surface area contributed by atoms with E-state index < -0.39 is 19.0 Å². The van der Waals surface area contributed by atoms with E-state index in [1.165, 1.54) is 18.2 Å². The third-order valence-corrected chi connectivity index (χ3v) is 2.85. The molecule has 2 amide bonds. The molecule has 0 radical (unpaired) electrons. The first-order chi connectivity index (χ1) is 10.1. The van der Waals surface area contributed by atoms with E-state index in [1.807, 2.05) is 0 Å². The van der Waals surface area contributed by atoms with Crippen LogP contribution >= 0.6 is 0 Å². The monoisotopic (exact) mass is 288 g/mol. The molecule has 7 heteroatoms. The predicted octanol–water partition coefficient (Wildman–Crippen LogP) is 0.827. The highest BCUT2D eigenvalue weighted by Gasteiger charge is 2.10. The van der Waals surface area contributed by atoms with Gasteiger partial charge in [-0.2, -0.15) is 0 Å². The van der Waals surface area contributed by atoms with Crippen molar-refractivity contribution in [2.24, 2.45) is 0 Å². The summed E-state index contributed by atoms with van der Waals surface area (Å²) in [6, 6.07) is 11.8. The SMILES string of the molecule is O=C(NCc1ccc(B(O)O)cc1)Nc1ccccc1F. The Balaban J connectivity index is 1.88. The molecule has 0 heterocycles. The summed E-state index contributed by atoms with van der Waals surface area (Å²) in [5.74, 6) is -0.506. The van der Waals surface area contributed by atoms with E-state index in [0.717, 1.165) is 5.56 Å². The number of hydrogen-bond donors (Lipinski definition) is 4. The van der Waals surface area contributed by atoms with Gasteiger partial charge in [0, 0.05) is 6.54 Å². The molecule has 108 valence electrons. The van der Waals surface area contributed by atoms with Crippen molar-refractivity contribution in [2.45, 2.75) is 6.54 Å². The fraction of sp³-hybridized carbons (Fsp3) is 0.0714. The van der Waals surface area contributed by atoms with E-state index in [2.05, 4.69) is 10.6 Å². The van der Waals surface area contributed by atoms with Crippen LogP contribution in [0, 0.1) is 5.82 Å². The van der Waals surface area contributed by atoms with Crippen LogP contribution in [-0.2, 0) is 6.54 Å². The summed E-state index contributed by atoms with van der Waals surface area (Å²) in [5.41, 5.74) is 1.26. The minimum Gasteiger partial charge on any atom is -0.423 e. The first kappa shape index (κ1) is 15.0. The van der Waals surface area contributed by atoms with Gasteiger partial charge in [-0.05, 0) is 23.2 Å². The number of anilines is 1. The average Bonchev–Trinajstić information content (AvgIpc) is 2.48. The van der Waals surface area contributed by atoms with Crippen molar-refractivity contribution in [1.82, 2.24) is 5.32 Å². The first-order valence-electron chi connectivity index (χ1n) is 6.30. The number of hydrogen-bond acceptors (Lipinski definition) is 3. The smallest absolute Gasteiger partial charge is 0.423 e. The van der Waals surface area contributed by atoms with Crippen LogP contribution in [0.1, 0.15) is 5.56 Å². The summed E-state index contributed by atoms with van der Waals surface area (Å²) in [6.45, 7) is 0.238. The molecule has 4 N–H and O–H groups in total. The van der Waals surface area contributed by atoms with Crippen molar-refractivity contribution in [3.05, 3.63) is 59.9 Å². The van der Waals surface area contributed by atoms with Gasteiger partial charge in [0.25, 0.3) is 0 Å². The Morgan fingerprint density at radius 2 is 1.76 bits per heavy atom. The molecule has 0 aliphatic rings. The Morgan fingerprint density at radius 3 is 2.38 bits per heavy atom. The molecule has 2 aromatic carbocycles. The quantitative estimate of drug-likeness (QED) is 0.629. The summed E-state index contributed by atoms with van der Waals surface area (Å²) in [5, 5.41) is 22.9. The summed E-state index contributed by atoms with van der Waals surface area (Å²) in [7, 11) is -1.52. The van der Waals surface area contributed by atoms with Gasteiger partial charge in [0.1, 0.15) is 5.82 Å². The summed E-state index contributed by atoms with van der Waals surface area (Å²) in [6.07, 6.45) is 0. The number of carbonyl (C=O) groups is 1. The van der Waals surface area contributed by atoms with Gasteiger partial charge in [0.15, 0.2) is 0 Å². The number of halogens is 1. The van der Waals surface area contributed by atoms with Gasteiger partial charge in [0.2, 0.25) is 0 Å². The largest absolute Gasteiger partial charge is 0.488 e. The zero-order chi connectivity index (χ0) is 15.2. The standard InChI is InChI=1S/C14H14BFN2O3/c16-12-3-1-2-4-13(12)18-14(19)17-9-10-5-7-11(8-6-10)15(20)21/h1-8,20-21H,9H2,(H2,17,18,19). The maximum Gasteiger partial charge on any atom is 0.488 e. The second-order valence-corrected chi connectivity index (χ2v) is 4.40. The number of urea groups is 1. The third kappa shape index (κ3) is 4.30. The summed E-state index contributed by atoms with van der Waals surface area (Å²) >= 11 is 0. The molecule has 21 heavy (non-hydrogen) atoms. The molecular formula is C14H14BFN2O3. The topological polar surface area (TPSA) is 81.6 Å². The Kier molecular flexibility index (Phi) is 4.92. The second kappa shape index (κ2) is 6.87. The molecule has 2 aromatic rings. The summed E-state index contributed by atoms with van der Waals surface area (Å²) in [4.78, 5) is 11.6. The van der Waals surface area contributed by atoms with E-state index in [-0.39, 0.29) is 12.2 Å². The number of nitrogens with one attached hydrogen (secondary N) is 2. The highest BCUT2D eigenvalue weighted by atomic mass is 19.1. The van der Waals surface area contributed by atoms with E-state index in [4.69, 9.17) is 10.0 Å². The van der Waals surface area contributed by atoms with Crippen LogP contribution in [0.4, 0.5) is 14.9 Å². The van der Waals surface area contributed by atoms with Crippen molar-refractivity contribution >= 4 is 24.3 Å². The molecule has 0 fully saturated rings. The molecule has 0 spiro atoms. The van der Waals surface area contributed by atoms with Gasteiger partial charge in [-0.25, -0.2) is 9.18 Å². The minimum absolute atomic E-state index is 0.105. The molecule has 0 bridgehead atoms. The van der Waals surface area contributed by atoms with Crippen molar-refractivity contribution in [1.29, 1.82) is 0 Å². The van der Waals surface area contributed by atoms with Crippen LogP contribution in [0.2, 0.25) is 0 Å². The van der Waals surface area contributed by atoms with Gasteiger partial charge in [0.05, 0.1) is 5.69 Å². The van der Waals surface area contributed by atoms with E-state index >= 15 is 0 Å². The molecule has 0 unspecified atom stereocenters. The maximum atomic E-state index is 13.3. The zero-order valence-electron chi connectivity index (χ0n) is 11.1. The maximum absolute atomic E-state index is 13.3. The highest BCUT2D eigenvalue weighted by Crippen LogP contribution is 2.11. The predicted molar refractivity (Wildman–Crippen MR) is 78.5 cm³/mol. The summed E-state index contributed by atoms with van der Waals surface area (Å²) < 4.78 is 13.3. The van der Waals surface area contributed by atoms with Crippen LogP contribution < -0.4 is 16.1 Å². The fourth-order valence-electron chi connectivity index (χ4n) is 1.72. The normalized spacial score (nSPS) is 10.0. The lowest BCUT2D eigenvalue weighted by Crippen LogP contribution is -2.30. The van der Waals surface area contributed by atoms with Crippen molar-refractivity contribution in [3.63, 3.8) is 0 Å². The minimum atomic E-state index is -1.52. The Hall–Kier alpha value is -2.38. The third-order valence-electron chi connectivity index (χ3n) is 2.85. The second-order valence-electron chi connectivity index (χ2n) is 4.40. The van der Waals surface area contributed by atoms with Gasteiger partial charge >= 0.3 is 13.1 Å². The molecule has 0 saturated carbocycles. The lowest BCUT2D eigenvalue weighted by molar-refractivity contribution is 0.251. The van der Waals surface area contributed by atoms with Crippen LogP contribution in [0.25, 0.3) is 0 Å². The Bertz CT molecular complexity index is 620. The van der Waals surface area contributed by atoms with Crippen LogP contribution in [0.15, 0.2) is 48.5 Å². The van der Waals surface area contributed by atoms with Gasteiger partial charge in [-0.15, -0.1) is 0 Å². The highest BCUT2D eigenvalue weighted by molar-refractivity contribution is 6.58. The van der Waals surface area contributed by atoms with Crippen LogP contribution in [-0.4, -0.2) is 23.2 Å². The van der Waals surface area contributed by atoms with E-state index in [0.29, 0.717) is 5.46 Å². The molecule has 2 rings (SSSR count). The Labute approximate surface area is 121 Å². The lowest BCUT2D eigenvalue weighted by Gasteiger charge is -2.09.